The molecule has 0 aliphatic carbocycles. The van der Waals surface area contributed by atoms with E-state index in [0.717, 1.165) is 0 Å². The molecule has 0 atom stereocenters. The maximum absolute atomic E-state index is 12.7. The first-order valence-electron chi connectivity index (χ1n) is 10.8. The van der Waals surface area contributed by atoms with Gasteiger partial charge in [-0.15, -0.1) is 0 Å². The van der Waals surface area contributed by atoms with Crippen LogP contribution < -0.4 is 14.8 Å². The first-order valence-corrected chi connectivity index (χ1v) is 12.3. The summed E-state index contributed by atoms with van der Waals surface area (Å²) in [6, 6.07) is 16.1. The van der Waals surface area contributed by atoms with Gasteiger partial charge in [0.25, 0.3) is 15.9 Å². The molecule has 2 aromatic carbocycles. The molecule has 37 heavy (non-hydrogen) atoms. The van der Waals surface area contributed by atoms with E-state index in [-0.39, 0.29) is 40.4 Å². The largest absolute Gasteiger partial charge is 0.479 e. The van der Waals surface area contributed by atoms with Gasteiger partial charge >= 0.3 is 5.69 Å². The van der Waals surface area contributed by atoms with Gasteiger partial charge in [-0.2, -0.15) is 0 Å². The molecule has 0 spiro atoms. The fraction of sp³-hybridized carbons (Fsp3) is 0.125. The van der Waals surface area contributed by atoms with Crippen LogP contribution in [0.2, 0.25) is 0 Å². The van der Waals surface area contributed by atoms with Gasteiger partial charge in [0, 0.05) is 23.1 Å². The monoisotopic (exact) mass is 523 g/mol. The van der Waals surface area contributed by atoms with Gasteiger partial charge in [-0.1, -0.05) is 12.1 Å². The zero-order valence-electron chi connectivity index (χ0n) is 19.7. The number of ether oxygens (including phenoxy) is 1. The predicted molar refractivity (Wildman–Crippen MR) is 133 cm³/mol. The lowest BCUT2D eigenvalue weighted by molar-refractivity contribution is -0.386. The zero-order chi connectivity index (χ0) is 26.6. The Morgan fingerprint density at radius 3 is 2.38 bits per heavy atom. The number of para-hydroxylation sites is 2. The molecule has 4 aromatic rings. The van der Waals surface area contributed by atoms with Gasteiger partial charge in [-0.05, 0) is 62.4 Å². The van der Waals surface area contributed by atoms with Gasteiger partial charge in [0.15, 0.2) is 11.5 Å². The number of aromatic nitrogens is 2. The van der Waals surface area contributed by atoms with E-state index in [1.54, 1.807) is 26.0 Å². The van der Waals surface area contributed by atoms with Crippen molar-refractivity contribution in [1.82, 2.24) is 9.97 Å². The lowest BCUT2D eigenvalue weighted by Gasteiger charge is -2.09. The second-order valence-electron chi connectivity index (χ2n) is 7.84. The number of furan rings is 1. The van der Waals surface area contributed by atoms with Crippen molar-refractivity contribution < 1.29 is 27.3 Å². The van der Waals surface area contributed by atoms with Crippen LogP contribution in [0.1, 0.15) is 27.7 Å². The van der Waals surface area contributed by atoms with Gasteiger partial charge in [0.1, 0.15) is 12.4 Å². The van der Waals surface area contributed by atoms with Crippen LogP contribution in [-0.2, 0) is 16.6 Å². The Morgan fingerprint density at radius 2 is 1.70 bits per heavy atom. The Hall–Kier alpha value is -4.78. The third-order valence-corrected chi connectivity index (χ3v) is 6.29. The summed E-state index contributed by atoms with van der Waals surface area (Å²) in [5.74, 6) is -0.275. The van der Waals surface area contributed by atoms with Gasteiger partial charge < -0.3 is 14.5 Å². The molecule has 12 nitrogen and oxygen atoms in total. The van der Waals surface area contributed by atoms with Crippen LogP contribution in [0.3, 0.4) is 0 Å². The van der Waals surface area contributed by atoms with E-state index < -0.39 is 20.9 Å². The molecule has 0 saturated carbocycles. The first kappa shape index (κ1) is 25.3. The molecule has 0 radical (unpaired) electrons. The zero-order valence-corrected chi connectivity index (χ0v) is 20.5. The molecular weight excluding hydrogens is 502 g/mol. The number of sulfonamides is 1. The molecular formula is C24H21N5O7S. The third-order valence-electron chi connectivity index (χ3n) is 4.95. The molecule has 0 fully saturated rings. The normalized spacial score (nSPS) is 11.1. The van der Waals surface area contributed by atoms with Crippen molar-refractivity contribution in [3.8, 4) is 5.75 Å². The lowest BCUT2D eigenvalue weighted by Crippen LogP contribution is -2.16. The van der Waals surface area contributed by atoms with Crippen molar-refractivity contribution in [2.24, 2.45) is 0 Å². The maximum Gasteiger partial charge on any atom is 0.310 e. The van der Waals surface area contributed by atoms with Crippen LogP contribution in [0.4, 0.5) is 17.3 Å². The van der Waals surface area contributed by atoms with Crippen molar-refractivity contribution in [2.75, 3.05) is 10.0 Å². The van der Waals surface area contributed by atoms with E-state index in [1.807, 2.05) is 0 Å². The summed E-state index contributed by atoms with van der Waals surface area (Å²) < 4.78 is 38.6. The number of benzene rings is 2. The quantitative estimate of drug-likeness (QED) is 0.241. The van der Waals surface area contributed by atoms with Crippen LogP contribution in [0, 0.1) is 24.0 Å². The van der Waals surface area contributed by atoms with Crippen molar-refractivity contribution in [1.29, 1.82) is 0 Å². The number of nitro benzene ring substituents is 1. The molecule has 0 saturated heterocycles. The molecule has 0 aliphatic rings. The van der Waals surface area contributed by atoms with Crippen molar-refractivity contribution >= 4 is 33.3 Å². The third kappa shape index (κ3) is 6.27. The van der Waals surface area contributed by atoms with Gasteiger partial charge in [-0.25, -0.2) is 23.1 Å². The summed E-state index contributed by atoms with van der Waals surface area (Å²) in [6.07, 6.45) is 0. The summed E-state index contributed by atoms with van der Waals surface area (Å²) >= 11 is 0. The molecule has 2 N–H and O–H groups in total. The summed E-state index contributed by atoms with van der Waals surface area (Å²) in [5, 5.41) is 13.7. The highest BCUT2D eigenvalue weighted by atomic mass is 32.2. The van der Waals surface area contributed by atoms with Gasteiger partial charge in [-0.3, -0.25) is 14.9 Å². The van der Waals surface area contributed by atoms with Gasteiger partial charge in [0.2, 0.25) is 5.95 Å². The molecule has 13 heteroatoms. The summed E-state index contributed by atoms with van der Waals surface area (Å²) in [4.78, 5) is 31.2. The number of anilines is 2. The van der Waals surface area contributed by atoms with E-state index in [2.05, 4.69) is 20.0 Å². The number of hydrogen-bond acceptors (Lipinski definition) is 9. The van der Waals surface area contributed by atoms with Crippen LogP contribution in [-0.4, -0.2) is 29.2 Å². The lowest BCUT2D eigenvalue weighted by atomic mass is 10.3. The average molecular weight is 524 g/mol. The minimum atomic E-state index is -3.94. The Labute approximate surface area is 211 Å². The summed E-state index contributed by atoms with van der Waals surface area (Å²) in [6.45, 7) is 3.34. The minimum Gasteiger partial charge on any atom is -0.479 e. The molecule has 2 heterocycles. The molecule has 190 valence electrons. The van der Waals surface area contributed by atoms with Gasteiger partial charge in [0.05, 0.1) is 9.82 Å². The Kier molecular flexibility index (Phi) is 7.15. The number of carbonyl (C=O) groups is 1. The fourth-order valence-corrected chi connectivity index (χ4v) is 4.26. The summed E-state index contributed by atoms with van der Waals surface area (Å²) in [7, 11) is -3.94. The highest BCUT2D eigenvalue weighted by molar-refractivity contribution is 7.92. The van der Waals surface area contributed by atoms with E-state index in [0.29, 0.717) is 17.1 Å². The molecule has 2 aromatic heterocycles. The van der Waals surface area contributed by atoms with Crippen molar-refractivity contribution in [3.63, 3.8) is 0 Å². The first-order chi connectivity index (χ1) is 17.6. The topological polar surface area (TPSA) is 167 Å². The molecule has 1 amide bonds. The molecule has 4 rings (SSSR count). The average Bonchev–Trinajstić information content (AvgIpc) is 3.31. The van der Waals surface area contributed by atoms with Crippen LogP contribution in [0.25, 0.3) is 0 Å². The fourth-order valence-electron chi connectivity index (χ4n) is 3.32. The van der Waals surface area contributed by atoms with E-state index >= 15 is 0 Å². The number of nitrogens with one attached hydrogen (secondary N) is 2. The Balaban J connectivity index is 1.38. The maximum atomic E-state index is 12.7. The number of rotatable bonds is 9. The number of amides is 1. The Morgan fingerprint density at radius 1 is 1.03 bits per heavy atom. The summed E-state index contributed by atoms with van der Waals surface area (Å²) in [5.41, 5.74) is 1.39. The number of carbonyl (C=O) groups excluding carboxylic acids is 1. The second-order valence-corrected chi connectivity index (χ2v) is 9.52. The van der Waals surface area contributed by atoms with Crippen LogP contribution >= 0.6 is 0 Å². The number of nitrogens with zero attached hydrogens (tertiary/aromatic N) is 3. The van der Waals surface area contributed by atoms with Crippen molar-refractivity contribution in [2.45, 2.75) is 25.3 Å². The van der Waals surface area contributed by atoms with Crippen LogP contribution in [0.15, 0.2) is 76.0 Å². The van der Waals surface area contributed by atoms with E-state index in [4.69, 9.17) is 9.15 Å². The SMILES string of the molecule is Cc1cc(C)nc(NS(=O)(=O)c2ccc(NC(=O)c3ccc(COc4ccccc4[N+](=O)[O-])o3)cc2)n1. The number of nitro groups is 1. The highest BCUT2D eigenvalue weighted by Crippen LogP contribution is 2.27. The standard InChI is InChI=1S/C24H21N5O7S/c1-15-13-16(2)26-24(25-15)28-37(33,34)19-10-7-17(8-11-19)27-23(30)22-12-9-18(36-22)14-35-21-6-4-3-5-20(21)29(31)32/h3-13H,14H2,1-2H3,(H,27,30)(H,25,26,28). The Bertz CT molecular complexity index is 1550. The van der Waals surface area contributed by atoms with Crippen LogP contribution in [0.5, 0.6) is 5.75 Å². The highest BCUT2D eigenvalue weighted by Gasteiger charge is 2.18. The van der Waals surface area contributed by atoms with E-state index in [9.17, 15) is 23.3 Å². The second kappa shape index (κ2) is 10.5. The number of aryl methyl sites for hydroxylation is 2. The molecule has 0 unspecified atom stereocenters. The number of hydrogen-bond donors (Lipinski definition) is 2. The minimum absolute atomic E-state index is 0.0218. The van der Waals surface area contributed by atoms with Crippen molar-refractivity contribution in [3.05, 3.63) is 99.8 Å². The molecule has 0 bridgehead atoms. The predicted octanol–water partition coefficient (Wildman–Crippen LogP) is 4.23. The molecule has 0 aliphatic heterocycles. The van der Waals surface area contributed by atoms with E-state index in [1.165, 1.54) is 54.6 Å². The smallest absolute Gasteiger partial charge is 0.310 e.